The summed E-state index contributed by atoms with van der Waals surface area (Å²) in [6.07, 6.45) is 4.11. The highest BCUT2D eigenvalue weighted by atomic mass is 16.4. The van der Waals surface area contributed by atoms with Crippen LogP contribution in [0.2, 0.25) is 0 Å². The number of anilines is 2. The van der Waals surface area contributed by atoms with Crippen LogP contribution in [0.15, 0.2) is 16.7 Å². The molecule has 8 nitrogen and oxygen atoms in total. The average Bonchev–Trinajstić information content (AvgIpc) is 2.99. The maximum absolute atomic E-state index is 5.51. The van der Waals surface area contributed by atoms with Crippen LogP contribution < -0.4 is 9.80 Å². The minimum Gasteiger partial charge on any atom is -0.424 e. The van der Waals surface area contributed by atoms with Gasteiger partial charge in [-0.15, -0.1) is 10.2 Å². The summed E-state index contributed by atoms with van der Waals surface area (Å²) in [5.41, 5.74) is 0. The smallest absolute Gasteiger partial charge is 0.230 e. The molecule has 0 saturated carbocycles. The Kier molecular flexibility index (Phi) is 4.94. The van der Waals surface area contributed by atoms with Crippen molar-refractivity contribution in [2.75, 3.05) is 44.0 Å². The summed E-state index contributed by atoms with van der Waals surface area (Å²) in [7, 11) is 6.01. The molecule has 1 atom stereocenters. The van der Waals surface area contributed by atoms with Crippen LogP contribution in [0.25, 0.3) is 0 Å². The van der Waals surface area contributed by atoms with E-state index < -0.39 is 0 Å². The summed E-state index contributed by atoms with van der Waals surface area (Å²) in [6.45, 7) is 4.54. The Hall–Kier alpha value is -2.22. The zero-order valence-corrected chi connectivity index (χ0v) is 14.8. The normalized spacial score (nSPS) is 18.6. The Labute approximate surface area is 142 Å². The fourth-order valence-electron chi connectivity index (χ4n) is 3.02. The maximum Gasteiger partial charge on any atom is 0.230 e. The monoisotopic (exact) mass is 331 g/mol. The number of nitrogens with zero attached hydrogens (tertiary/aromatic N) is 7. The van der Waals surface area contributed by atoms with Gasteiger partial charge in [-0.25, -0.2) is 4.98 Å². The molecule has 1 saturated heterocycles. The van der Waals surface area contributed by atoms with E-state index >= 15 is 0 Å². The summed E-state index contributed by atoms with van der Waals surface area (Å²) in [6, 6.07) is 2.38. The molecular weight excluding hydrogens is 306 g/mol. The van der Waals surface area contributed by atoms with Gasteiger partial charge in [0.15, 0.2) is 0 Å². The number of likely N-dealkylation sites (N-methyl/N-ethyl adjacent to an activating group) is 1. The van der Waals surface area contributed by atoms with Gasteiger partial charge in [0.25, 0.3) is 0 Å². The Bertz CT molecular complexity index is 672. The number of rotatable bonds is 5. The molecule has 1 fully saturated rings. The molecule has 0 N–H and O–H groups in total. The topological polar surface area (TPSA) is 74.4 Å². The third-order valence-electron chi connectivity index (χ3n) is 4.34. The van der Waals surface area contributed by atoms with E-state index in [-0.39, 0.29) is 0 Å². The second kappa shape index (κ2) is 7.12. The van der Waals surface area contributed by atoms with Gasteiger partial charge in [0, 0.05) is 46.9 Å². The van der Waals surface area contributed by atoms with Crippen molar-refractivity contribution in [2.24, 2.45) is 0 Å². The number of aryl methyl sites for hydroxylation is 1. The van der Waals surface area contributed by atoms with Crippen LogP contribution in [0.5, 0.6) is 0 Å². The predicted molar refractivity (Wildman–Crippen MR) is 92.1 cm³/mol. The molecule has 0 radical (unpaired) electrons. The molecule has 0 aromatic carbocycles. The molecule has 24 heavy (non-hydrogen) atoms. The van der Waals surface area contributed by atoms with Gasteiger partial charge in [-0.3, -0.25) is 4.90 Å². The van der Waals surface area contributed by atoms with E-state index in [2.05, 4.69) is 37.0 Å². The molecule has 0 aliphatic carbocycles. The summed E-state index contributed by atoms with van der Waals surface area (Å²) < 4.78 is 5.51. The largest absolute Gasteiger partial charge is 0.424 e. The maximum atomic E-state index is 5.51. The van der Waals surface area contributed by atoms with E-state index in [0.717, 1.165) is 37.7 Å². The molecule has 0 spiro atoms. The van der Waals surface area contributed by atoms with Crippen LogP contribution in [0.3, 0.4) is 0 Å². The van der Waals surface area contributed by atoms with E-state index in [1.165, 1.54) is 0 Å². The first-order valence-corrected chi connectivity index (χ1v) is 8.27. The number of piperidine rings is 1. The van der Waals surface area contributed by atoms with Crippen LogP contribution in [-0.4, -0.2) is 65.3 Å². The SMILES string of the molecule is Cc1nnc(CN2CCCC(N(C)c3ccnc(N(C)C)n3)C2)o1. The highest BCUT2D eigenvalue weighted by molar-refractivity contribution is 5.43. The second-order valence-corrected chi connectivity index (χ2v) is 6.47. The third-order valence-corrected chi connectivity index (χ3v) is 4.34. The summed E-state index contributed by atoms with van der Waals surface area (Å²) in [5, 5.41) is 8.01. The van der Waals surface area contributed by atoms with E-state index in [4.69, 9.17) is 4.42 Å². The summed E-state index contributed by atoms with van der Waals surface area (Å²) in [5.74, 6) is 2.99. The molecule has 0 amide bonds. The van der Waals surface area contributed by atoms with Crippen molar-refractivity contribution in [3.05, 3.63) is 24.0 Å². The van der Waals surface area contributed by atoms with E-state index in [9.17, 15) is 0 Å². The van der Waals surface area contributed by atoms with Crippen LogP contribution in [0, 0.1) is 6.92 Å². The zero-order valence-electron chi connectivity index (χ0n) is 14.8. The lowest BCUT2D eigenvalue weighted by Crippen LogP contribution is -2.46. The lowest BCUT2D eigenvalue weighted by molar-refractivity contribution is 0.181. The van der Waals surface area contributed by atoms with Gasteiger partial charge in [-0.1, -0.05) is 0 Å². The molecule has 130 valence electrons. The molecule has 2 aromatic rings. The third kappa shape index (κ3) is 3.81. The first-order chi connectivity index (χ1) is 11.5. The first kappa shape index (κ1) is 16.6. The van der Waals surface area contributed by atoms with Crippen LogP contribution >= 0.6 is 0 Å². The molecule has 1 aliphatic rings. The molecule has 8 heteroatoms. The molecule has 3 heterocycles. The van der Waals surface area contributed by atoms with Crippen molar-refractivity contribution in [2.45, 2.75) is 32.4 Å². The van der Waals surface area contributed by atoms with Crippen molar-refractivity contribution in [3.63, 3.8) is 0 Å². The first-order valence-electron chi connectivity index (χ1n) is 8.27. The predicted octanol–water partition coefficient (Wildman–Crippen LogP) is 1.33. The number of likely N-dealkylation sites (tertiary alicyclic amines) is 1. The summed E-state index contributed by atoms with van der Waals surface area (Å²) >= 11 is 0. The standard InChI is InChI=1S/C16H25N7O/c1-12-19-20-15(24-12)11-23-9-5-6-13(10-23)22(4)14-7-8-17-16(18-14)21(2)3/h7-8,13H,5-6,9-11H2,1-4H3. The Morgan fingerprint density at radius 2 is 2.12 bits per heavy atom. The lowest BCUT2D eigenvalue weighted by atomic mass is 10.0. The van der Waals surface area contributed by atoms with E-state index in [1.807, 2.05) is 38.2 Å². The fourth-order valence-corrected chi connectivity index (χ4v) is 3.02. The Morgan fingerprint density at radius 3 is 2.83 bits per heavy atom. The van der Waals surface area contributed by atoms with Gasteiger partial charge in [0.1, 0.15) is 5.82 Å². The number of hydrogen-bond donors (Lipinski definition) is 0. The fraction of sp³-hybridized carbons (Fsp3) is 0.625. The van der Waals surface area contributed by atoms with E-state index in [1.54, 1.807) is 0 Å². The van der Waals surface area contributed by atoms with Gasteiger partial charge in [-0.2, -0.15) is 4.98 Å². The van der Waals surface area contributed by atoms with Gasteiger partial charge < -0.3 is 14.2 Å². The molecule has 2 aromatic heterocycles. The van der Waals surface area contributed by atoms with Crippen LogP contribution in [0.4, 0.5) is 11.8 Å². The lowest BCUT2D eigenvalue weighted by Gasteiger charge is -2.37. The molecule has 0 bridgehead atoms. The summed E-state index contributed by atoms with van der Waals surface area (Å²) in [4.78, 5) is 15.5. The number of aromatic nitrogens is 4. The highest BCUT2D eigenvalue weighted by Gasteiger charge is 2.25. The Morgan fingerprint density at radius 1 is 1.29 bits per heavy atom. The zero-order chi connectivity index (χ0) is 17.1. The minimum atomic E-state index is 0.410. The highest BCUT2D eigenvalue weighted by Crippen LogP contribution is 2.22. The van der Waals surface area contributed by atoms with Gasteiger partial charge >= 0.3 is 0 Å². The quantitative estimate of drug-likeness (QED) is 0.812. The van der Waals surface area contributed by atoms with Crippen molar-refractivity contribution in [1.82, 2.24) is 25.1 Å². The van der Waals surface area contributed by atoms with Crippen molar-refractivity contribution in [3.8, 4) is 0 Å². The molecule has 1 aliphatic heterocycles. The van der Waals surface area contributed by atoms with Crippen molar-refractivity contribution >= 4 is 11.8 Å². The second-order valence-electron chi connectivity index (χ2n) is 6.47. The van der Waals surface area contributed by atoms with E-state index in [0.29, 0.717) is 24.4 Å². The van der Waals surface area contributed by atoms with Crippen molar-refractivity contribution in [1.29, 1.82) is 0 Å². The van der Waals surface area contributed by atoms with Crippen LogP contribution in [-0.2, 0) is 6.54 Å². The number of hydrogen-bond acceptors (Lipinski definition) is 8. The average molecular weight is 331 g/mol. The van der Waals surface area contributed by atoms with Gasteiger partial charge in [0.2, 0.25) is 17.7 Å². The molecule has 3 rings (SSSR count). The van der Waals surface area contributed by atoms with Crippen LogP contribution in [0.1, 0.15) is 24.6 Å². The minimum absolute atomic E-state index is 0.410. The Balaban J connectivity index is 1.66. The van der Waals surface area contributed by atoms with Crippen molar-refractivity contribution < 1.29 is 4.42 Å². The molecule has 1 unspecified atom stereocenters. The molecular formula is C16H25N7O. The van der Waals surface area contributed by atoms with Gasteiger partial charge in [-0.05, 0) is 25.5 Å². The van der Waals surface area contributed by atoms with Gasteiger partial charge in [0.05, 0.1) is 6.54 Å².